The summed E-state index contributed by atoms with van der Waals surface area (Å²) in [5.74, 6) is -0.501. The Hall–Kier alpha value is -2.95. The average molecular weight is 505 g/mol. The molecule has 1 heterocycles. The summed E-state index contributed by atoms with van der Waals surface area (Å²) in [5.41, 5.74) is 0.933. The van der Waals surface area contributed by atoms with Gasteiger partial charge in [0.1, 0.15) is 17.9 Å². The molecule has 1 saturated heterocycles. The maximum absolute atomic E-state index is 13.4. The standard InChI is InChI=1S/C25H32N2O7S/c1-4-14-33-21-10-12-22(13-11-21)35(30,31)27-16-20(15-23(27)25(29)32-3)26-24(28)18(2)34-17-19-8-6-5-7-9-19/h5-13,18,20,23H,4,14-17H2,1-3H3,(H,26,28)/t18-,20-,23+/m0/s1. The van der Waals surface area contributed by atoms with E-state index in [0.29, 0.717) is 12.4 Å². The topological polar surface area (TPSA) is 111 Å². The van der Waals surface area contributed by atoms with Crippen LogP contribution in [-0.2, 0) is 35.7 Å². The second-order valence-corrected chi connectivity index (χ2v) is 10.2. The molecule has 2 aromatic rings. The van der Waals surface area contributed by atoms with Gasteiger partial charge >= 0.3 is 5.97 Å². The minimum absolute atomic E-state index is 0.0294. The van der Waals surface area contributed by atoms with E-state index < -0.39 is 34.2 Å². The van der Waals surface area contributed by atoms with E-state index >= 15 is 0 Å². The number of nitrogens with one attached hydrogen (secondary N) is 1. The fraction of sp³-hybridized carbons (Fsp3) is 0.440. The molecular weight excluding hydrogens is 472 g/mol. The monoisotopic (exact) mass is 504 g/mol. The van der Waals surface area contributed by atoms with Crippen LogP contribution in [0.15, 0.2) is 59.5 Å². The van der Waals surface area contributed by atoms with Crippen molar-refractivity contribution in [3.63, 3.8) is 0 Å². The van der Waals surface area contributed by atoms with Gasteiger partial charge in [0.15, 0.2) is 0 Å². The van der Waals surface area contributed by atoms with Crippen LogP contribution in [0.25, 0.3) is 0 Å². The highest BCUT2D eigenvalue weighted by molar-refractivity contribution is 7.89. The third kappa shape index (κ3) is 6.81. The van der Waals surface area contributed by atoms with Crippen LogP contribution in [0.5, 0.6) is 5.75 Å². The number of esters is 1. The summed E-state index contributed by atoms with van der Waals surface area (Å²) in [6.45, 7) is 4.33. The molecule has 0 radical (unpaired) electrons. The van der Waals surface area contributed by atoms with Crippen LogP contribution < -0.4 is 10.1 Å². The number of carbonyl (C=O) groups is 2. The number of methoxy groups -OCH3 is 1. The first-order valence-electron chi connectivity index (χ1n) is 11.5. The minimum Gasteiger partial charge on any atom is -0.494 e. The van der Waals surface area contributed by atoms with Gasteiger partial charge in [-0.05, 0) is 49.6 Å². The van der Waals surface area contributed by atoms with E-state index in [4.69, 9.17) is 14.2 Å². The molecule has 0 unspecified atom stereocenters. The lowest BCUT2D eigenvalue weighted by atomic mass is 10.1. The molecule has 9 nitrogen and oxygen atoms in total. The quantitative estimate of drug-likeness (QED) is 0.468. The van der Waals surface area contributed by atoms with Gasteiger partial charge in [0.2, 0.25) is 15.9 Å². The van der Waals surface area contributed by atoms with Crippen molar-refractivity contribution in [3.05, 3.63) is 60.2 Å². The van der Waals surface area contributed by atoms with Gasteiger partial charge in [-0.25, -0.2) is 8.42 Å². The highest BCUT2D eigenvalue weighted by Gasteiger charge is 2.45. The summed E-state index contributed by atoms with van der Waals surface area (Å²) in [5, 5.41) is 2.81. The molecule has 3 rings (SSSR count). The summed E-state index contributed by atoms with van der Waals surface area (Å²) >= 11 is 0. The highest BCUT2D eigenvalue weighted by atomic mass is 32.2. The van der Waals surface area contributed by atoms with E-state index in [1.54, 1.807) is 19.1 Å². The second-order valence-electron chi connectivity index (χ2n) is 8.31. The van der Waals surface area contributed by atoms with Gasteiger partial charge in [-0.2, -0.15) is 4.31 Å². The first kappa shape index (κ1) is 26.7. The third-order valence-corrected chi connectivity index (χ3v) is 7.58. The summed E-state index contributed by atoms with van der Waals surface area (Å²) in [6, 6.07) is 13.9. The maximum atomic E-state index is 13.4. The number of amides is 1. The first-order valence-corrected chi connectivity index (χ1v) is 13.0. The molecule has 1 aliphatic rings. The number of hydrogen-bond acceptors (Lipinski definition) is 7. The molecule has 0 aliphatic carbocycles. The van der Waals surface area contributed by atoms with Crippen LogP contribution in [0.3, 0.4) is 0 Å². The predicted molar refractivity (Wildman–Crippen MR) is 129 cm³/mol. The zero-order chi connectivity index (χ0) is 25.4. The van der Waals surface area contributed by atoms with Crippen molar-refractivity contribution in [3.8, 4) is 5.75 Å². The lowest BCUT2D eigenvalue weighted by Gasteiger charge is -2.22. The maximum Gasteiger partial charge on any atom is 0.324 e. The Morgan fingerprint density at radius 1 is 1.11 bits per heavy atom. The van der Waals surface area contributed by atoms with E-state index in [9.17, 15) is 18.0 Å². The van der Waals surface area contributed by atoms with Crippen LogP contribution >= 0.6 is 0 Å². The van der Waals surface area contributed by atoms with Gasteiger partial charge in [-0.3, -0.25) is 9.59 Å². The molecule has 0 bridgehead atoms. The Labute approximate surface area is 206 Å². The molecule has 1 amide bonds. The number of benzene rings is 2. The Balaban J connectivity index is 1.68. The normalized spacial score (nSPS) is 19.2. The Morgan fingerprint density at radius 2 is 1.80 bits per heavy atom. The second kappa shape index (κ2) is 12.1. The van der Waals surface area contributed by atoms with Gasteiger partial charge in [0.05, 0.1) is 25.2 Å². The van der Waals surface area contributed by atoms with Crippen molar-refractivity contribution in [1.82, 2.24) is 9.62 Å². The van der Waals surface area contributed by atoms with Gasteiger partial charge in [-0.1, -0.05) is 37.3 Å². The summed E-state index contributed by atoms with van der Waals surface area (Å²) in [6.07, 6.45) is 0.173. The van der Waals surface area contributed by atoms with Crippen LogP contribution in [0.1, 0.15) is 32.3 Å². The molecule has 1 aliphatic heterocycles. The van der Waals surface area contributed by atoms with Crippen molar-refractivity contribution in [2.24, 2.45) is 0 Å². The zero-order valence-electron chi connectivity index (χ0n) is 20.2. The lowest BCUT2D eigenvalue weighted by molar-refractivity contribution is -0.144. The van der Waals surface area contributed by atoms with Crippen LogP contribution in [0.4, 0.5) is 0 Å². The van der Waals surface area contributed by atoms with Gasteiger partial charge in [-0.15, -0.1) is 0 Å². The number of nitrogens with zero attached hydrogens (tertiary/aromatic N) is 1. The van der Waals surface area contributed by atoms with E-state index in [-0.39, 0.29) is 30.4 Å². The van der Waals surface area contributed by atoms with Crippen molar-refractivity contribution < 1.29 is 32.2 Å². The van der Waals surface area contributed by atoms with Crippen molar-refractivity contribution >= 4 is 21.9 Å². The fourth-order valence-corrected chi connectivity index (χ4v) is 5.41. The lowest BCUT2D eigenvalue weighted by Crippen LogP contribution is -2.43. The number of carbonyl (C=O) groups excluding carboxylic acids is 2. The summed E-state index contributed by atoms with van der Waals surface area (Å²) in [4.78, 5) is 25.1. The Kier molecular flexibility index (Phi) is 9.25. The van der Waals surface area contributed by atoms with Gasteiger partial charge in [0, 0.05) is 12.6 Å². The average Bonchev–Trinajstić information content (AvgIpc) is 3.31. The molecular formula is C25H32N2O7S. The molecule has 0 saturated carbocycles. The Bertz CT molecular complexity index is 1090. The van der Waals surface area contributed by atoms with Crippen molar-refractivity contribution in [2.75, 3.05) is 20.3 Å². The molecule has 10 heteroatoms. The minimum atomic E-state index is -4.02. The number of sulfonamides is 1. The molecule has 190 valence electrons. The van der Waals surface area contributed by atoms with E-state index in [0.717, 1.165) is 16.3 Å². The van der Waals surface area contributed by atoms with Crippen molar-refractivity contribution in [1.29, 1.82) is 0 Å². The van der Waals surface area contributed by atoms with E-state index in [2.05, 4.69) is 5.32 Å². The zero-order valence-corrected chi connectivity index (χ0v) is 21.0. The van der Waals surface area contributed by atoms with Gasteiger partial charge < -0.3 is 19.5 Å². The first-order chi connectivity index (χ1) is 16.8. The molecule has 0 spiro atoms. The predicted octanol–water partition coefficient (Wildman–Crippen LogP) is 2.50. The largest absolute Gasteiger partial charge is 0.494 e. The number of rotatable bonds is 11. The van der Waals surface area contributed by atoms with Gasteiger partial charge in [0.25, 0.3) is 0 Å². The molecule has 3 atom stereocenters. The van der Waals surface area contributed by atoms with Crippen LogP contribution in [0.2, 0.25) is 0 Å². The molecule has 1 N–H and O–H groups in total. The highest BCUT2D eigenvalue weighted by Crippen LogP contribution is 2.28. The number of ether oxygens (including phenoxy) is 3. The van der Waals surface area contributed by atoms with Crippen LogP contribution in [0, 0.1) is 0 Å². The van der Waals surface area contributed by atoms with Crippen molar-refractivity contribution in [2.45, 2.75) is 56.4 Å². The smallest absolute Gasteiger partial charge is 0.324 e. The number of hydrogen-bond donors (Lipinski definition) is 1. The third-order valence-electron chi connectivity index (χ3n) is 5.69. The van der Waals surface area contributed by atoms with E-state index in [1.807, 2.05) is 37.3 Å². The van der Waals surface area contributed by atoms with E-state index in [1.165, 1.54) is 19.2 Å². The summed E-state index contributed by atoms with van der Waals surface area (Å²) in [7, 11) is -2.81. The summed E-state index contributed by atoms with van der Waals surface area (Å²) < 4.78 is 43.8. The van der Waals surface area contributed by atoms with Crippen LogP contribution in [-0.4, -0.2) is 63.0 Å². The molecule has 2 aromatic carbocycles. The Morgan fingerprint density at radius 3 is 2.43 bits per heavy atom. The fourth-order valence-electron chi connectivity index (χ4n) is 3.78. The SMILES string of the molecule is CCCOc1ccc(S(=O)(=O)N2C[C@@H](NC(=O)[C@H](C)OCc3ccccc3)C[C@@H]2C(=O)OC)cc1. The molecule has 0 aromatic heterocycles. The molecule has 1 fully saturated rings. The molecule has 35 heavy (non-hydrogen) atoms.